The Balaban J connectivity index is 2.08. The molecule has 5 nitrogen and oxygen atoms in total. The van der Waals surface area contributed by atoms with Crippen LogP contribution in [0.15, 0.2) is 29.2 Å². The van der Waals surface area contributed by atoms with Crippen molar-refractivity contribution in [1.29, 1.82) is 0 Å². The maximum Gasteiger partial charge on any atom is 0.240 e. The minimum Gasteiger partial charge on any atom is -0.497 e. The van der Waals surface area contributed by atoms with Gasteiger partial charge in [-0.2, -0.15) is 0 Å². The van der Waals surface area contributed by atoms with Crippen LogP contribution < -0.4 is 9.46 Å². The third-order valence-corrected chi connectivity index (χ3v) is 4.81. The molecule has 2 atom stereocenters. The van der Waals surface area contributed by atoms with Gasteiger partial charge in [-0.15, -0.1) is 0 Å². The molecule has 1 saturated heterocycles. The van der Waals surface area contributed by atoms with Crippen molar-refractivity contribution >= 4 is 10.0 Å². The first-order valence-corrected chi connectivity index (χ1v) is 7.79. The summed E-state index contributed by atoms with van der Waals surface area (Å²) in [6, 6.07) is 6.10. The lowest BCUT2D eigenvalue weighted by atomic mass is 10.1. The summed E-state index contributed by atoms with van der Waals surface area (Å²) in [5.74, 6) is 0.631. The van der Waals surface area contributed by atoms with Gasteiger partial charge in [-0.25, -0.2) is 13.1 Å². The van der Waals surface area contributed by atoms with Gasteiger partial charge in [0.05, 0.1) is 18.1 Å². The number of methoxy groups -OCH3 is 1. The van der Waals surface area contributed by atoms with Crippen LogP contribution in [0.5, 0.6) is 5.75 Å². The van der Waals surface area contributed by atoms with Crippen LogP contribution in [0, 0.1) is 0 Å². The first-order chi connectivity index (χ1) is 9.03. The standard InChI is InChI=1S/C13H19NO4S/c1-10(13-4-3-9-18-13)14-19(15,16)12-7-5-11(17-2)6-8-12/h5-8,10,13-14H,3-4,9H2,1-2H3/t10-,13+/m1/s1. The molecule has 1 heterocycles. The molecule has 19 heavy (non-hydrogen) atoms. The van der Waals surface area contributed by atoms with Crippen molar-refractivity contribution in [2.24, 2.45) is 0 Å². The van der Waals surface area contributed by atoms with Gasteiger partial charge in [-0.3, -0.25) is 0 Å². The zero-order valence-corrected chi connectivity index (χ0v) is 11.9. The molecule has 0 spiro atoms. The topological polar surface area (TPSA) is 64.6 Å². The summed E-state index contributed by atoms with van der Waals surface area (Å²) in [5, 5.41) is 0. The van der Waals surface area contributed by atoms with E-state index in [-0.39, 0.29) is 17.0 Å². The zero-order chi connectivity index (χ0) is 13.9. The average Bonchev–Trinajstić information content (AvgIpc) is 2.92. The summed E-state index contributed by atoms with van der Waals surface area (Å²) in [4.78, 5) is 0.234. The highest BCUT2D eigenvalue weighted by molar-refractivity contribution is 7.89. The van der Waals surface area contributed by atoms with Gasteiger partial charge < -0.3 is 9.47 Å². The first-order valence-electron chi connectivity index (χ1n) is 6.31. The van der Waals surface area contributed by atoms with Crippen LogP contribution in [-0.4, -0.2) is 34.3 Å². The van der Waals surface area contributed by atoms with Gasteiger partial charge in [0.1, 0.15) is 5.75 Å². The van der Waals surface area contributed by atoms with Crippen molar-refractivity contribution in [3.8, 4) is 5.75 Å². The fourth-order valence-electron chi connectivity index (χ4n) is 2.14. The molecule has 0 aliphatic carbocycles. The maximum absolute atomic E-state index is 12.2. The molecule has 0 bridgehead atoms. The molecule has 0 aromatic heterocycles. The molecular formula is C13H19NO4S. The Hall–Kier alpha value is -1.11. The fourth-order valence-corrected chi connectivity index (χ4v) is 3.41. The maximum atomic E-state index is 12.2. The quantitative estimate of drug-likeness (QED) is 0.891. The molecule has 1 aromatic carbocycles. The number of hydrogen-bond donors (Lipinski definition) is 1. The van der Waals surface area contributed by atoms with Gasteiger partial charge in [0, 0.05) is 12.6 Å². The van der Waals surface area contributed by atoms with E-state index < -0.39 is 10.0 Å². The number of benzene rings is 1. The number of ether oxygens (including phenoxy) is 2. The molecule has 1 N–H and O–H groups in total. The van der Waals surface area contributed by atoms with Crippen LogP contribution in [0.1, 0.15) is 19.8 Å². The van der Waals surface area contributed by atoms with E-state index in [1.807, 2.05) is 6.92 Å². The lowest BCUT2D eigenvalue weighted by Gasteiger charge is -2.20. The molecule has 1 aromatic rings. The van der Waals surface area contributed by atoms with E-state index in [2.05, 4.69) is 4.72 Å². The molecule has 1 fully saturated rings. The minimum atomic E-state index is -3.51. The van der Waals surface area contributed by atoms with Gasteiger partial charge in [0.15, 0.2) is 0 Å². The monoisotopic (exact) mass is 285 g/mol. The van der Waals surface area contributed by atoms with E-state index in [0.29, 0.717) is 12.4 Å². The second kappa shape index (κ2) is 5.90. The molecule has 0 radical (unpaired) electrons. The van der Waals surface area contributed by atoms with Gasteiger partial charge in [0.25, 0.3) is 0 Å². The van der Waals surface area contributed by atoms with Crippen LogP contribution in [0.3, 0.4) is 0 Å². The minimum absolute atomic E-state index is 0.0342. The largest absolute Gasteiger partial charge is 0.497 e. The predicted molar refractivity (Wildman–Crippen MR) is 71.8 cm³/mol. The van der Waals surface area contributed by atoms with Gasteiger partial charge in [-0.05, 0) is 44.0 Å². The summed E-state index contributed by atoms with van der Waals surface area (Å²) in [6.45, 7) is 2.54. The van der Waals surface area contributed by atoms with E-state index in [1.54, 1.807) is 19.2 Å². The summed E-state index contributed by atoms with van der Waals surface area (Å²) >= 11 is 0. The summed E-state index contributed by atoms with van der Waals surface area (Å²) in [7, 11) is -1.96. The van der Waals surface area contributed by atoms with Crippen LogP contribution >= 0.6 is 0 Å². The normalized spacial score (nSPS) is 21.3. The third kappa shape index (κ3) is 3.46. The van der Waals surface area contributed by atoms with Crippen LogP contribution in [0.4, 0.5) is 0 Å². The highest BCUT2D eigenvalue weighted by Gasteiger charge is 2.26. The van der Waals surface area contributed by atoms with Crippen molar-refractivity contribution in [2.45, 2.75) is 36.8 Å². The van der Waals surface area contributed by atoms with Crippen molar-refractivity contribution in [2.75, 3.05) is 13.7 Å². The average molecular weight is 285 g/mol. The lowest BCUT2D eigenvalue weighted by molar-refractivity contribution is 0.0902. The van der Waals surface area contributed by atoms with E-state index in [1.165, 1.54) is 12.1 Å². The van der Waals surface area contributed by atoms with E-state index in [4.69, 9.17) is 9.47 Å². The SMILES string of the molecule is COc1ccc(S(=O)(=O)N[C@H](C)[C@@H]2CCCO2)cc1. The number of rotatable bonds is 5. The molecule has 1 aliphatic rings. The van der Waals surface area contributed by atoms with Crippen LogP contribution in [0.25, 0.3) is 0 Å². The molecule has 2 rings (SSSR count). The molecule has 6 heteroatoms. The van der Waals surface area contributed by atoms with Crippen molar-refractivity contribution in [1.82, 2.24) is 4.72 Å². The lowest BCUT2D eigenvalue weighted by Crippen LogP contribution is -2.40. The Morgan fingerprint density at radius 3 is 2.58 bits per heavy atom. The summed E-state index contributed by atoms with van der Waals surface area (Å²) in [6.07, 6.45) is 1.85. The second-order valence-electron chi connectivity index (χ2n) is 4.64. The highest BCUT2D eigenvalue weighted by atomic mass is 32.2. The molecule has 0 amide bonds. The summed E-state index contributed by atoms with van der Waals surface area (Å²) in [5.41, 5.74) is 0. The number of hydrogen-bond acceptors (Lipinski definition) is 4. The Morgan fingerprint density at radius 2 is 2.05 bits per heavy atom. The number of nitrogens with one attached hydrogen (secondary N) is 1. The molecule has 0 saturated carbocycles. The van der Waals surface area contributed by atoms with E-state index in [9.17, 15) is 8.42 Å². The molecule has 106 valence electrons. The molecule has 0 unspecified atom stereocenters. The van der Waals surface area contributed by atoms with Gasteiger partial charge in [0.2, 0.25) is 10.0 Å². The Bertz CT molecular complexity index is 506. The van der Waals surface area contributed by atoms with Crippen molar-refractivity contribution in [3.63, 3.8) is 0 Å². The molecular weight excluding hydrogens is 266 g/mol. The van der Waals surface area contributed by atoms with Crippen LogP contribution in [0.2, 0.25) is 0 Å². The van der Waals surface area contributed by atoms with Gasteiger partial charge in [-0.1, -0.05) is 0 Å². The molecule has 1 aliphatic heterocycles. The fraction of sp³-hybridized carbons (Fsp3) is 0.538. The van der Waals surface area contributed by atoms with Crippen LogP contribution in [-0.2, 0) is 14.8 Å². The van der Waals surface area contributed by atoms with Crippen molar-refractivity contribution < 1.29 is 17.9 Å². The third-order valence-electron chi connectivity index (χ3n) is 3.23. The second-order valence-corrected chi connectivity index (χ2v) is 6.35. The number of sulfonamides is 1. The summed E-state index contributed by atoms with van der Waals surface area (Å²) < 4.78 is 37.5. The highest BCUT2D eigenvalue weighted by Crippen LogP contribution is 2.19. The van der Waals surface area contributed by atoms with Gasteiger partial charge >= 0.3 is 0 Å². The Morgan fingerprint density at radius 1 is 1.37 bits per heavy atom. The predicted octanol–water partition coefficient (Wildman–Crippen LogP) is 1.54. The van der Waals surface area contributed by atoms with E-state index >= 15 is 0 Å². The first kappa shape index (κ1) is 14.3. The zero-order valence-electron chi connectivity index (χ0n) is 11.1. The van der Waals surface area contributed by atoms with Crippen molar-refractivity contribution in [3.05, 3.63) is 24.3 Å². The Kier molecular flexibility index (Phi) is 4.44. The van der Waals surface area contributed by atoms with E-state index in [0.717, 1.165) is 12.8 Å². The Labute approximate surface area is 114 Å². The smallest absolute Gasteiger partial charge is 0.240 e.